The van der Waals surface area contributed by atoms with Crippen LogP contribution in [0.1, 0.15) is 0 Å². The van der Waals surface area contributed by atoms with Crippen LogP contribution >= 0.6 is 0 Å². The van der Waals surface area contributed by atoms with Crippen molar-refractivity contribution in [3.8, 4) is 0 Å². The molecule has 1 heterocycles. The van der Waals surface area contributed by atoms with Crippen molar-refractivity contribution in [2.75, 3.05) is 11.9 Å². The Morgan fingerprint density at radius 2 is 2.21 bits per heavy atom. The van der Waals surface area contributed by atoms with Gasteiger partial charge in [0.05, 0.1) is 23.9 Å². The van der Waals surface area contributed by atoms with Crippen molar-refractivity contribution < 1.29 is 4.79 Å². The first kappa shape index (κ1) is 8.69. The van der Waals surface area contributed by atoms with E-state index in [0.717, 1.165) is 22.9 Å². The molecule has 0 saturated heterocycles. The summed E-state index contributed by atoms with van der Waals surface area (Å²) in [6, 6.07) is 9.85. The summed E-state index contributed by atoms with van der Waals surface area (Å²) in [5, 5.41) is 4.03. The monoisotopic (exact) mass is 186 g/mol. The van der Waals surface area contributed by atoms with Crippen LogP contribution in [0.15, 0.2) is 36.5 Å². The molecule has 1 aromatic carbocycles. The highest BCUT2D eigenvalue weighted by Gasteiger charge is 1.95. The van der Waals surface area contributed by atoms with Crippen LogP contribution in [0.5, 0.6) is 0 Å². The Kier molecular flexibility index (Phi) is 2.40. The molecule has 0 spiro atoms. The second kappa shape index (κ2) is 3.87. The number of fused-ring (bicyclic) bond motifs is 1. The number of benzene rings is 1. The normalized spacial score (nSPS) is 10.0. The highest BCUT2D eigenvalue weighted by molar-refractivity contribution is 5.81. The highest BCUT2D eigenvalue weighted by Crippen LogP contribution is 2.15. The van der Waals surface area contributed by atoms with E-state index >= 15 is 0 Å². The number of aromatic nitrogens is 1. The maximum Gasteiger partial charge on any atom is 0.139 e. The number of carbonyl (C=O) groups is 1. The third-order valence-corrected chi connectivity index (χ3v) is 1.98. The molecule has 14 heavy (non-hydrogen) atoms. The summed E-state index contributed by atoms with van der Waals surface area (Å²) in [5.74, 6) is 0. The van der Waals surface area contributed by atoms with Gasteiger partial charge in [-0.1, -0.05) is 18.2 Å². The molecule has 0 aliphatic heterocycles. The van der Waals surface area contributed by atoms with Gasteiger partial charge < -0.3 is 10.1 Å². The van der Waals surface area contributed by atoms with Gasteiger partial charge in [-0.15, -0.1) is 0 Å². The van der Waals surface area contributed by atoms with E-state index in [0.29, 0.717) is 6.54 Å². The fourth-order valence-electron chi connectivity index (χ4n) is 1.33. The average molecular weight is 186 g/mol. The molecule has 3 nitrogen and oxygen atoms in total. The van der Waals surface area contributed by atoms with Gasteiger partial charge in [0, 0.05) is 5.39 Å². The number of anilines is 1. The van der Waals surface area contributed by atoms with Crippen LogP contribution in [-0.4, -0.2) is 17.8 Å². The lowest BCUT2D eigenvalue weighted by atomic mass is 10.2. The largest absolute Gasteiger partial charge is 0.377 e. The molecular weight excluding hydrogens is 176 g/mol. The van der Waals surface area contributed by atoms with Gasteiger partial charge in [0.25, 0.3) is 0 Å². The van der Waals surface area contributed by atoms with Crippen molar-refractivity contribution in [2.24, 2.45) is 0 Å². The third kappa shape index (κ3) is 1.71. The molecule has 1 aromatic heterocycles. The van der Waals surface area contributed by atoms with Crippen molar-refractivity contribution in [1.82, 2.24) is 4.98 Å². The van der Waals surface area contributed by atoms with Crippen LogP contribution in [0.4, 0.5) is 5.69 Å². The zero-order valence-corrected chi connectivity index (χ0v) is 7.60. The summed E-state index contributed by atoms with van der Waals surface area (Å²) >= 11 is 0. The Labute approximate surface area is 81.8 Å². The third-order valence-electron chi connectivity index (χ3n) is 1.98. The van der Waals surface area contributed by atoms with Crippen molar-refractivity contribution in [2.45, 2.75) is 0 Å². The van der Waals surface area contributed by atoms with E-state index in [9.17, 15) is 4.79 Å². The number of hydrogen-bond donors (Lipinski definition) is 1. The maximum atomic E-state index is 10.2. The first-order valence-electron chi connectivity index (χ1n) is 4.42. The molecule has 0 bridgehead atoms. The molecule has 0 amide bonds. The van der Waals surface area contributed by atoms with Gasteiger partial charge in [-0.05, 0) is 12.1 Å². The fourth-order valence-corrected chi connectivity index (χ4v) is 1.33. The quantitative estimate of drug-likeness (QED) is 0.744. The molecule has 0 aliphatic rings. The standard InChI is InChI=1S/C11H10N2O/c14-6-5-12-10-7-9-3-1-2-4-11(9)13-8-10/h1-4,6-8,12H,5H2. The van der Waals surface area contributed by atoms with Crippen molar-refractivity contribution >= 4 is 22.9 Å². The minimum Gasteiger partial charge on any atom is -0.377 e. The zero-order valence-electron chi connectivity index (χ0n) is 7.60. The topological polar surface area (TPSA) is 42.0 Å². The molecule has 0 saturated carbocycles. The van der Waals surface area contributed by atoms with Gasteiger partial charge in [0.1, 0.15) is 6.29 Å². The van der Waals surface area contributed by atoms with Gasteiger partial charge in [-0.25, -0.2) is 0 Å². The van der Waals surface area contributed by atoms with E-state index in [2.05, 4.69) is 10.3 Å². The Morgan fingerprint density at radius 3 is 3.07 bits per heavy atom. The van der Waals surface area contributed by atoms with Crippen LogP contribution < -0.4 is 5.32 Å². The number of nitrogens with one attached hydrogen (secondary N) is 1. The minimum atomic E-state index is 0.319. The predicted molar refractivity (Wildman–Crippen MR) is 56.3 cm³/mol. The van der Waals surface area contributed by atoms with Crippen molar-refractivity contribution in [3.63, 3.8) is 0 Å². The number of rotatable bonds is 3. The molecule has 2 rings (SSSR count). The summed E-state index contributed by atoms with van der Waals surface area (Å²) in [7, 11) is 0. The molecule has 0 radical (unpaired) electrons. The summed E-state index contributed by atoms with van der Waals surface area (Å²) in [5.41, 5.74) is 1.83. The summed E-state index contributed by atoms with van der Waals surface area (Å²) in [4.78, 5) is 14.4. The Bertz CT molecular complexity index is 454. The van der Waals surface area contributed by atoms with Gasteiger partial charge in [-0.2, -0.15) is 0 Å². The van der Waals surface area contributed by atoms with E-state index in [1.807, 2.05) is 30.3 Å². The van der Waals surface area contributed by atoms with Gasteiger partial charge in [0.2, 0.25) is 0 Å². The predicted octanol–water partition coefficient (Wildman–Crippen LogP) is 1.85. The van der Waals surface area contributed by atoms with Gasteiger partial charge >= 0.3 is 0 Å². The molecule has 0 aliphatic carbocycles. The van der Waals surface area contributed by atoms with Crippen LogP contribution in [-0.2, 0) is 4.79 Å². The molecule has 3 heteroatoms. The fraction of sp³-hybridized carbons (Fsp3) is 0.0909. The maximum absolute atomic E-state index is 10.2. The van der Waals surface area contributed by atoms with E-state index in [4.69, 9.17) is 0 Å². The van der Waals surface area contributed by atoms with Crippen LogP contribution in [0.25, 0.3) is 10.9 Å². The second-order valence-corrected chi connectivity index (χ2v) is 2.96. The Morgan fingerprint density at radius 1 is 1.36 bits per heavy atom. The first-order valence-corrected chi connectivity index (χ1v) is 4.42. The highest BCUT2D eigenvalue weighted by atomic mass is 16.1. The second-order valence-electron chi connectivity index (χ2n) is 2.96. The number of pyridine rings is 1. The van der Waals surface area contributed by atoms with E-state index in [1.165, 1.54) is 0 Å². The number of aldehydes is 1. The van der Waals surface area contributed by atoms with Crippen molar-refractivity contribution in [1.29, 1.82) is 0 Å². The number of para-hydroxylation sites is 1. The van der Waals surface area contributed by atoms with Crippen molar-refractivity contribution in [3.05, 3.63) is 36.5 Å². The van der Waals surface area contributed by atoms with E-state index in [1.54, 1.807) is 6.20 Å². The molecule has 2 aromatic rings. The lowest BCUT2D eigenvalue weighted by molar-refractivity contribution is -0.106. The van der Waals surface area contributed by atoms with E-state index < -0.39 is 0 Å². The Hall–Kier alpha value is -1.90. The molecule has 0 atom stereocenters. The minimum absolute atomic E-state index is 0.319. The summed E-state index contributed by atoms with van der Waals surface area (Å²) in [6.07, 6.45) is 2.56. The molecule has 1 N–H and O–H groups in total. The van der Waals surface area contributed by atoms with Gasteiger partial charge in [0.15, 0.2) is 0 Å². The average Bonchev–Trinajstić information content (AvgIpc) is 2.26. The molecule has 0 fully saturated rings. The zero-order chi connectivity index (χ0) is 9.80. The molecular formula is C11H10N2O. The number of hydrogen-bond acceptors (Lipinski definition) is 3. The molecule has 0 unspecified atom stereocenters. The van der Waals surface area contributed by atoms with E-state index in [-0.39, 0.29) is 0 Å². The summed E-state index contributed by atoms with van der Waals surface area (Å²) < 4.78 is 0. The van der Waals surface area contributed by atoms with Gasteiger partial charge in [-0.3, -0.25) is 4.98 Å². The SMILES string of the molecule is O=CCNc1cnc2ccccc2c1. The lowest BCUT2D eigenvalue weighted by Gasteiger charge is -2.02. The molecule has 70 valence electrons. The van der Waals surface area contributed by atoms with Crippen LogP contribution in [0, 0.1) is 0 Å². The Balaban J connectivity index is 2.36. The number of carbonyl (C=O) groups excluding carboxylic acids is 1. The first-order chi connectivity index (χ1) is 6.90. The smallest absolute Gasteiger partial charge is 0.139 e. The lowest BCUT2D eigenvalue weighted by Crippen LogP contribution is -2.02. The summed E-state index contributed by atoms with van der Waals surface area (Å²) in [6.45, 7) is 0.319. The van der Waals surface area contributed by atoms with Crippen LogP contribution in [0.2, 0.25) is 0 Å². The van der Waals surface area contributed by atoms with Crippen LogP contribution in [0.3, 0.4) is 0 Å². The number of nitrogens with zero attached hydrogens (tertiary/aromatic N) is 1.